The Morgan fingerprint density at radius 3 is 2.63 bits per heavy atom. The lowest BCUT2D eigenvalue weighted by Crippen LogP contribution is -2.50. The number of aromatic nitrogens is 5. The Morgan fingerprint density at radius 2 is 1.89 bits per heavy atom. The van der Waals surface area contributed by atoms with Gasteiger partial charge in [0.05, 0.1) is 19.9 Å². The zero-order chi connectivity index (χ0) is 24.0. The number of piperidine rings is 1. The molecule has 3 aliphatic rings. The maximum Gasteiger partial charge on any atom is 0.222 e. The van der Waals surface area contributed by atoms with Gasteiger partial charge in [0.1, 0.15) is 22.5 Å². The number of pyridine rings is 1. The molecule has 2 saturated heterocycles. The summed E-state index contributed by atoms with van der Waals surface area (Å²) in [6.07, 6.45) is 11.1. The third-order valence-electron chi connectivity index (χ3n) is 8.40. The van der Waals surface area contributed by atoms with Gasteiger partial charge in [-0.05, 0) is 74.6 Å². The molecule has 0 atom stereocenters. The standard InChI is InChI=1S/C25H34N8O2/c1-34-21-10-16(13-28-20(21)15-33-22-19(14-29-33)30-24(27)31-23(22)26)17-11-25(12-17)4-6-32(7-5-25)18-2-8-35-9-3-18/h10,13-14,17-18H,2-9,11-12,15H2,1H3,(H4,26,27,30,31). The van der Waals surface area contributed by atoms with Crippen molar-refractivity contribution in [2.75, 3.05) is 44.9 Å². The maximum absolute atomic E-state index is 6.08. The molecule has 0 amide bonds. The quantitative estimate of drug-likeness (QED) is 0.568. The van der Waals surface area contributed by atoms with Gasteiger partial charge in [-0.2, -0.15) is 10.1 Å². The van der Waals surface area contributed by atoms with Crippen molar-refractivity contribution in [3.63, 3.8) is 0 Å². The van der Waals surface area contributed by atoms with Gasteiger partial charge >= 0.3 is 0 Å². The first-order valence-electron chi connectivity index (χ1n) is 12.6. The van der Waals surface area contributed by atoms with Crippen molar-refractivity contribution in [3.05, 3.63) is 29.7 Å². The summed E-state index contributed by atoms with van der Waals surface area (Å²) in [5, 5.41) is 4.42. The maximum atomic E-state index is 6.08. The molecule has 6 rings (SSSR count). The van der Waals surface area contributed by atoms with E-state index in [1.807, 2.05) is 6.20 Å². The van der Waals surface area contributed by atoms with Gasteiger partial charge in [0.2, 0.25) is 5.95 Å². The number of nitrogens with two attached hydrogens (primary N) is 2. The normalized spacial score (nSPS) is 21.4. The zero-order valence-corrected chi connectivity index (χ0v) is 20.3. The summed E-state index contributed by atoms with van der Waals surface area (Å²) in [7, 11) is 1.69. The molecule has 5 heterocycles. The van der Waals surface area contributed by atoms with Crippen LogP contribution < -0.4 is 16.2 Å². The Bertz CT molecular complexity index is 1210. The number of fused-ring (bicyclic) bond motifs is 1. The third-order valence-corrected chi connectivity index (χ3v) is 8.40. The third kappa shape index (κ3) is 4.18. The Hall–Kier alpha value is -2.98. The van der Waals surface area contributed by atoms with E-state index in [1.54, 1.807) is 18.0 Å². The van der Waals surface area contributed by atoms with E-state index in [-0.39, 0.29) is 5.95 Å². The summed E-state index contributed by atoms with van der Waals surface area (Å²) in [4.78, 5) is 15.8. The van der Waals surface area contributed by atoms with E-state index in [0.29, 0.717) is 34.7 Å². The van der Waals surface area contributed by atoms with E-state index in [9.17, 15) is 0 Å². The first-order valence-corrected chi connectivity index (χ1v) is 12.6. The number of rotatable bonds is 5. The molecule has 1 aliphatic carbocycles. The highest BCUT2D eigenvalue weighted by Gasteiger charge is 2.47. The minimum Gasteiger partial charge on any atom is -0.495 e. The van der Waals surface area contributed by atoms with E-state index in [4.69, 9.17) is 25.9 Å². The molecule has 1 spiro atoms. The van der Waals surface area contributed by atoms with E-state index in [0.717, 1.165) is 30.7 Å². The predicted molar refractivity (Wildman–Crippen MR) is 133 cm³/mol. The number of likely N-dealkylation sites (tertiary alicyclic amines) is 1. The molecule has 10 nitrogen and oxygen atoms in total. The fraction of sp³-hybridized carbons (Fsp3) is 0.600. The lowest BCUT2D eigenvalue weighted by molar-refractivity contribution is -0.0259. The summed E-state index contributed by atoms with van der Waals surface area (Å²) < 4.78 is 13.0. The van der Waals surface area contributed by atoms with Crippen LogP contribution >= 0.6 is 0 Å². The molecule has 4 N–H and O–H groups in total. The van der Waals surface area contributed by atoms with Crippen LogP contribution in [0.4, 0.5) is 11.8 Å². The smallest absolute Gasteiger partial charge is 0.222 e. The van der Waals surface area contributed by atoms with Gasteiger partial charge in [0.25, 0.3) is 0 Å². The molecule has 35 heavy (non-hydrogen) atoms. The van der Waals surface area contributed by atoms with Gasteiger partial charge in [-0.25, -0.2) is 4.98 Å². The SMILES string of the molecule is COc1cc(C2CC3(CCN(C4CCOCC4)CC3)C2)cnc1Cn1ncc2nc(N)nc(N)c21. The lowest BCUT2D eigenvalue weighted by atomic mass is 9.56. The van der Waals surface area contributed by atoms with Crippen molar-refractivity contribution in [3.8, 4) is 5.75 Å². The van der Waals surface area contributed by atoms with Crippen LogP contribution in [0.3, 0.4) is 0 Å². The number of hydrogen-bond donors (Lipinski definition) is 2. The number of anilines is 2. The largest absolute Gasteiger partial charge is 0.495 e. The highest BCUT2D eigenvalue weighted by molar-refractivity contribution is 5.85. The molecule has 1 saturated carbocycles. The Balaban J connectivity index is 1.12. The van der Waals surface area contributed by atoms with Crippen molar-refractivity contribution in [2.45, 2.75) is 57.0 Å². The minimum absolute atomic E-state index is 0.141. The average molecular weight is 479 g/mol. The van der Waals surface area contributed by atoms with Gasteiger partial charge in [-0.3, -0.25) is 9.67 Å². The van der Waals surface area contributed by atoms with Crippen molar-refractivity contribution in [1.82, 2.24) is 29.6 Å². The number of methoxy groups -OCH3 is 1. The second-order valence-electron chi connectivity index (χ2n) is 10.4. The van der Waals surface area contributed by atoms with Crippen LogP contribution in [0, 0.1) is 5.41 Å². The molecular formula is C25H34N8O2. The Morgan fingerprint density at radius 1 is 1.11 bits per heavy atom. The fourth-order valence-electron chi connectivity index (χ4n) is 6.36. The Kier molecular flexibility index (Phi) is 5.72. The number of hydrogen-bond acceptors (Lipinski definition) is 9. The molecule has 10 heteroatoms. The van der Waals surface area contributed by atoms with Crippen LogP contribution in [-0.4, -0.2) is 69.1 Å². The first kappa shape index (κ1) is 22.5. The molecule has 2 aliphatic heterocycles. The van der Waals surface area contributed by atoms with Crippen LogP contribution in [0.15, 0.2) is 18.5 Å². The van der Waals surface area contributed by atoms with Gasteiger partial charge in [-0.15, -0.1) is 0 Å². The van der Waals surface area contributed by atoms with E-state index in [1.165, 1.54) is 57.2 Å². The van der Waals surface area contributed by atoms with Crippen LogP contribution in [0.1, 0.15) is 55.7 Å². The van der Waals surface area contributed by atoms with Gasteiger partial charge in [0, 0.05) is 25.5 Å². The van der Waals surface area contributed by atoms with Crippen LogP contribution in [0.2, 0.25) is 0 Å². The van der Waals surface area contributed by atoms with Crippen molar-refractivity contribution in [1.29, 1.82) is 0 Å². The molecule has 0 bridgehead atoms. The van der Waals surface area contributed by atoms with Crippen LogP contribution in [0.5, 0.6) is 5.75 Å². The molecule has 186 valence electrons. The van der Waals surface area contributed by atoms with E-state index in [2.05, 4.69) is 26.0 Å². The topological polar surface area (TPSA) is 130 Å². The summed E-state index contributed by atoms with van der Waals surface area (Å²) >= 11 is 0. The highest BCUT2D eigenvalue weighted by Crippen LogP contribution is 2.57. The second kappa shape index (κ2) is 8.91. The van der Waals surface area contributed by atoms with Gasteiger partial charge in [-0.1, -0.05) is 0 Å². The Labute approximate surface area is 205 Å². The molecule has 0 aromatic carbocycles. The van der Waals surface area contributed by atoms with Gasteiger partial charge < -0.3 is 25.8 Å². The second-order valence-corrected chi connectivity index (χ2v) is 10.4. The first-order chi connectivity index (χ1) is 17.0. The summed E-state index contributed by atoms with van der Waals surface area (Å²) in [6, 6.07) is 2.88. The van der Waals surface area contributed by atoms with Crippen molar-refractivity contribution in [2.24, 2.45) is 5.41 Å². The summed E-state index contributed by atoms with van der Waals surface area (Å²) in [5.74, 6) is 1.78. The summed E-state index contributed by atoms with van der Waals surface area (Å²) in [6.45, 7) is 4.72. The van der Waals surface area contributed by atoms with Crippen molar-refractivity contribution < 1.29 is 9.47 Å². The molecule has 3 fully saturated rings. The van der Waals surface area contributed by atoms with Crippen LogP contribution in [0.25, 0.3) is 11.0 Å². The van der Waals surface area contributed by atoms with Gasteiger partial charge in [0.15, 0.2) is 5.82 Å². The number of nitrogen functional groups attached to an aromatic ring is 2. The minimum atomic E-state index is 0.141. The average Bonchev–Trinajstić information content (AvgIpc) is 3.26. The van der Waals surface area contributed by atoms with Crippen molar-refractivity contribution >= 4 is 22.8 Å². The molecule has 0 unspecified atom stereocenters. The number of ether oxygens (including phenoxy) is 2. The summed E-state index contributed by atoms with van der Waals surface area (Å²) in [5.41, 5.74) is 15.6. The molecular weight excluding hydrogens is 444 g/mol. The molecule has 3 aromatic rings. The molecule has 0 radical (unpaired) electrons. The predicted octanol–water partition coefficient (Wildman–Crippen LogP) is 2.58. The highest BCUT2D eigenvalue weighted by atomic mass is 16.5. The number of nitrogens with zero attached hydrogens (tertiary/aromatic N) is 6. The van der Waals surface area contributed by atoms with E-state index < -0.39 is 0 Å². The lowest BCUT2D eigenvalue weighted by Gasteiger charge is -2.53. The fourth-order valence-corrected chi connectivity index (χ4v) is 6.36. The molecule has 3 aromatic heterocycles. The van der Waals surface area contributed by atoms with Crippen LogP contribution in [-0.2, 0) is 11.3 Å². The monoisotopic (exact) mass is 478 g/mol. The zero-order valence-electron chi connectivity index (χ0n) is 20.3. The van der Waals surface area contributed by atoms with E-state index >= 15 is 0 Å².